The number of para-hydroxylation sites is 1. The number of hydrogen-bond acceptors (Lipinski definition) is 29. The smallest absolute Gasteiger partial charge is 0.326 e. The molecule has 812 valence electrons. The van der Waals surface area contributed by atoms with Crippen molar-refractivity contribution < 1.29 is 131 Å². The van der Waals surface area contributed by atoms with Gasteiger partial charge in [-0.3, -0.25) is 101 Å². The number of thioether (sulfide) groups is 1. The first-order valence-corrected chi connectivity index (χ1v) is 50.2. The molecule has 3 aromatic carbocycles. The van der Waals surface area contributed by atoms with E-state index < -0.39 is 279 Å². The number of carboxylic acid groups (broad SMARTS) is 4. The average Bonchev–Trinajstić information content (AvgIpc) is 1.67. The van der Waals surface area contributed by atoms with Gasteiger partial charge in [-0.2, -0.15) is 11.8 Å². The standard InChI is InChI=1S/C95H134N26O27S/c1-149-38-31-64(112-82(135)60(19-7-9-32-96)109-88(141)66(40-53-25-27-56(123)28-26-53)117-90(143)71-22-12-35-119(71)76(126)49-104-74(124)47-105-80(133)58(98)43-78(129)130)86(139)111-63(29-30-77(127)128)85(138)116-68(42-55-46-101-51-107-55)89(142)114-65(39-52-15-3-2-4-16-52)87(140)110-62(21-11-34-102-95(99)100)83(136)115-67(41-54-45-103-59-18-6-5-17-57(54)59)81(134)106-48-75(125)108-70(50-122)92(145)121-37-14-24-73(121)93(146)120-36-13-23-72(120)91(144)113-61(20-8-10-33-97)84(137)118-69(94(147)148)44-79(131)132/h2-6,15-18,25-28,45-46,51,58,60-73,103,122-123H,7-14,19-24,29-44,47-50,96-98H2,1H3,(H,101,107)(H,104,124)(H,105,133)(H,106,134)(H,108,125)(H,109,141)(H,110,140)(H,111,139)(H,112,135)(H,113,144)(H,114,142)(H,115,136)(H,116,138)(H,117,143)(H,118,137)(H,127,128)(H,129,130)(H,131,132)(H,147,148)(H4,99,100,102)/t58-,60-,61-,62-,63-,64-,65-,66-,67-,68-,69-,70-,71-,72-,73-/m0/s1. The highest BCUT2D eigenvalue weighted by molar-refractivity contribution is 7.98. The SMILES string of the molecule is CSCC[C@H](NC(=O)[C@H](CCCCN)NC(=O)[C@H](Cc1ccc(O)cc1)NC(=O)[C@@H]1CCCN1C(=O)CNC(=O)CNC(=O)[C@@H](N)CC(=O)O)C(=O)N[C@@H](CCC(=O)O)C(=O)N[C@@H](Cc1cnc[nH]1)C(=O)N[C@@H](Cc1ccccc1)C(=O)N[C@@H](CCCNC(=N)N)C(=O)N[C@@H](Cc1c[nH]c2ccccc12)C(=O)NCC(=O)N[C@@H](CO)C(=O)N1CCC[C@H]1C(=O)N1CCC[C@H]1C(=O)N[C@@H](CCCCN)C(=O)N[C@@H](CC(=O)O)C(=O)O. The minimum absolute atomic E-state index is 0.0183. The summed E-state index contributed by atoms with van der Waals surface area (Å²) in [5.41, 5.74) is 24.9. The number of likely N-dealkylation sites (tertiary alicyclic amines) is 3. The van der Waals surface area contributed by atoms with Crippen molar-refractivity contribution in [1.29, 1.82) is 5.41 Å². The number of amides is 17. The molecule has 32 N–H and O–H groups in total. The predicted molar refractivity (Wildman–Crippen MR) is 533 cm³/mol. The second kappa shape index (κ2) is 60.6. The number of unbranched alkanes of at least 4 members (excludes halogenated alkanes) is 2. The highest BCUT2D eigenvalue weighted by atomic mass is 32.2. The van der Waals surface area contributed by atoms with Crippen molar-refractivity contribution in [3.05, 3.63) is 120 Å². The molecule has 17 amide bonds. The van der Waals surface area contributed by atoms with Gasteiger partial charge in [-0.05, 0) is 163 Å². The van der Waals surface area contributed by atoms with Crippen LogP contribution < -0.4 is 103 Å². The second-order valence-corrected chi connectivity index (χ2v) is 37.0. The maximum Gasteiger partial charge on any atom is 0.326 e. The van der Waals surface area contributed by atoms with Crippen LogP contribution in [0.1, 0.15) is 144 Å². The maximum absolute atomic E-state index is 15.4. The number of guanidine groups is 1. The van der Waals surface area contributed by atoms with Crippen LogP contribution in [0, 0.1) is 5.41 Å². The fourth-order valence-electron chi connectivity index (χ4n) is 17.1. The average molecular weight is 2100 g/mol. The number of imidazole rings is 1. The van der Waals surface area contributed by atoms with Crippen LogP contribution in [0.25, 0.3) is 10.9 Å². The van der Waals surface area contributed by atoms with E-state index in [0.717, 1.165) is 4.90 Å². The quantitative estimate of drug-likeness (QED) is 0.00977. The minimum atomic E-state index is -1.85. The van der Waals surface area contributed by atoms with E-state index in [2.05, 4.69) is 94.7 Å². The molecular formula is C95H134N26O27S. The van der Waals surface area contributed by atoms with Gasteiger partial charge in [-0.15, -0.1) is 0 Å². The maximum atomic E-state index is 15.4. The van der Waals surface area contributed by atoms with Crippen molar-refractivity contribution >= 4 is 153 Å². The second-order valence-electron chi connectivity index (χ2n) is 36.1. The number of aliphatic carboxylic acids is 4. The molecule has 0 spiro atoms. The third-order valence-electron chi connectivity index (χ3n) is 24.9. The molecule has 53 nitrogen and oxygen atoms in total. The van der Waals surface area contributed by atoms with Crippen LogP contribution in [0.5, 0.6) is 5.75 Å². The zero-order valence-corrected chi connectivity index (χ0v) is 83.0. The molecular weight excluding hydrogens is 1970 g/mol. The molecule has 54 heteroatoms. The van der Waals surface area contributed by atoms with Gasteiger partial charge in [0.2, 0.25) is 100 Å². The Morgan fingerprint density at radius 2 is 0.926 bits per heavy atom. The zero-order valence-electron chi connectivity index (χ0n) is 82.2. The topological polar surface area (TPSA) is 842 Å². The lowest BCUT2D eigenvalue weighted by Crippen LogP contribution is -2.61. The molecule has 3 aliphatic heterocycles. The Balaban J connectivity index is 0.983. The molecule has 5 aromatic rings. The van der Waals surface area contributed by atoms with Crippen LogP contribution in [-0.2, 0) is 126 Å². The number of nitrogens with two attached hydrogens (primary N) is 4. The molecule has 8 rings (SSSR count). The highest BCUT2D eigenvalue weighted by Crippen LogP contribution is 2.28. The summed E-state index contributed by atoms with van der Waals surface area (Å²) in [5.74, 6) is -22.5. The number of hydrogen-bond donors (Lipinski definition) is 28. The first-order valence-electron chi connectivity index (χ1n) is 48.8. The number of phenolic OH excluding ortho intramolecular Hbond substituents is 1. The zero-order chi connectivity index (χ0) is 109. The molecule has 0 bridgehead atoms. The normalized spacial score (nSPS) is 16.6. The summed E-state index contributed by atoms with van der Waals surface area (Å²) in [6.07, 6.45) is 3.05. The van der Waals surface area contributed by atoms with Crippen molar-refractivity contribution in [3.8, 4) is 5.75 Å². The van der Waals surface area contributed by atoms with Crippen LogP contribution in [0.2, 0.25) is 0 Å². The summed E-state index contributed by atoms with van der Waals surface area (Å²) >= 11 is 1.24. The number of aromatic hydroxyl groups is 1. The molecule has 15 atom stereocenters. The monoisotopic (exact) mass is 2100 g/mol. The van der Waals surface area contributed by atoms with Gasteiger partial charge >= 0.3 is 23.9 Å². The lowest BCUT2D eigenvalue weighted by Gasteiger charge is -2.33. The Bertz CT molecular complexity index is 5490. The molecule has 3 aliphatic rings. The molecule has 3 saturated heterocycles. The minimum Gasteiger partial charge on any atom is -0.508 e. The van der Waals surface area contributed by atoms with Crippen molar-refractivity contribution in [2.75, 3.05) is 77.5 Å². The van der Waals surface area contributed by atoms with Gasteiger partial charge in [-0.25, -0.2) is 9.78 Å². The number of benzene rings is 3. The van der Waals surface area contributed by atoms with Gasteiger partial charge in [-0.1, -0.05) is 60.7 Å². The van der Waals surface area contributed by atoms with Crippen LogP contribution in [0.15, 0.2) is 97.6 Å². The Morgan fingerprint density at radius 1 is 0.456 bits per heavy atom. The van der Waals surface area contributed by atoms with E-state index in [1.807, 2.05) is 0 Å². The largest absolute Gasteiger partial charge is 0.508 e. The van der Waals surface area contributed by atoms with E-state index in [9.17, 15) is 107 Å². The van der Waals surface area contributed by atoms with Crippen molar-refractivity contribution in [1.82, 2.24) is 109 Å². The van der Waals surface area contributed by atoms with E-state index in [1.54, 1.807) is 67.0 Å². The Labute approximate surface area is 859 Å². The number of aromatic amines is 2. The molecule has 149 heavy (non-hydrogen) atoms. The molecule has 0 saturated carbocycles. The number of aliphatic hydroxyl groups excluding tert-OH is 1. The number of rotatable bonds is 63. The van der Waals surface area contributed by atoms with Crippen LogP contribution in [-0.4, -0.2) is 359 Å². The molecule has 2 aromatic heterocycles. The number of carboxylic acids is 4. The van der Waals surface area contributed by atoms with Gasteiger partial charge < -0.3 is 158 Å². The number of H-pyrrole nitrogens is 2. The Hall–Kier alpha value is -15.5. The van der Waals surface area contributed by atoms with Crippen LogP contribution in [0.4, 0.5) is 0 Å². The summed E-state index contributed by atoms with van der Waals surface area (Å²) < 4.78 is 0. The fraction of sp³-hybridized carbons (Fsp3) is 0.526. The Kier molecular flexibility index (Phi) is 48.3. The number of carbonyl (C=O) groups excluding carboxylic acids is 17. The van der Waals surface area contributed by atoms with Gasteiger partial charge in [0.05, 0.1) is 51.5 Å². The number of nitrogens with zero attached hydrogens (tertiary/aromatic N) is 4. The lowest BCUT2D eigenvalue weighted by molar-refractivity contribution is -0.149. The summed E-state index contributed by atoms with van der Waals surface area (Å²) in [7, 11) is 0. The van der Waals surface area contributed by atoms with Gasteiger partial charge in [0.1, 0.15) is 90.3 Å². The van der Waals surface area contributed by atoms with E-state index in [-0.39, 0.29) is 146 Å². The molecule has 0 radical (unpaired) electrons. The fourth-order valence-corrected chi connectivity index (χ4v) is 17.6. The number of aromatic nitrogens is 3. The van der Waals surface area contributed by atoms with E-state index in [1.165, 1.54) is 58.4 Å². The number of fused-ring (bicyclic) bond motifs is 1. The number of nitrogens with one attached hydrogen (secondary N) is 18. The van der Waals surface area contributed by atoms with Crippen LogP contribution >= 0.6 is 11.8 Å². The summed E-state index contributed by atoms with van der Waals surface area (Å²) in [5, 5.41) is 105. The molecule has 3 fully saturated rings. The molecule has 5 heterocycles. The van der Waals surface area contributed by atoms with E-state index >= 15 is 19.2 Å². The summed E-state index contributed by atoms with van der Waals surface area (Å²) in [6.45, 7) is -2.99. The first kappa shape index (κ1) is 119. The van der Waals surface area contributed by atoms with Gasteiger partial charge in [0.25, 0.3) is 0 Å². The van der Waals surface area contributed by atoms with Gasteiger partial charge in [0, 0.05) is 87.3 Å². The highest BCUT2D eigenvalue weighted by Gasteiger charge is 2.46. The number of aliphatic hydroxyl groups is 1. The molecule has 0 unspecified atom stereocenters. The Morgan fingerprint density at radius 3 is 1.47 bits per heavy atom. The predicted octanol–water partition coefficient (Wildman–Crippen LogP) is -6.99. The van der Waals surface area contributed by atoms with Gasteiger partial charge in [0.15, 0.2) is 5.96 Å². The van der Waals surface area contributed by atoms with Crippen molar-refractivity contribution in [2.24, 2.45) is 22.9 Å². The van der Waals surface area contributed by atoms with Crippen molar-refractivity contribution in [2.45, 2.75) is 238 Å². The molecule has 0 aliphatic carbocycles. The third kappa shape index (κ3) is 38.4. The summed E-state index contributed by atoms with van der Waals surface area (Å²) in [6, 6.07) is -2.53. The third-order valence-corrected chi connectivity index (χ3v) is 25.6. The van der Waals surface area contributed by atoms with Crippen molar-refractivity contribution in [3.63, 3.8) is 0 Å². The lowest BCUT2D eigenvalue weighted by atomic mass is 10.0. The summed E-state index contributed by atoms with van der Waals surface area (Å²) in [4.78, 5) is 304. The number of carbonyl (C=O) groups is 21. The van der Waals surface area contributed by atoms with E-state index in [0.29, 0.717) is 53.3 Å². The van der Waals surface area contributed by atoms with E-state index in [4.69, 9.17) is 33.5 Å². The number of phenols is 1. The van der Waals surface area contributed by atoms with Crippen LogP contribution in [0.3, 0.4) is 0 Å². The first-order chi connectivity index (χ1) is 71.2.